The molecule has 1 aromatic rings. The third-order valence-electron chi connectivity index (χ3n) is 3.34. The standard InChI is InChI=1S/C15H21N/c1-12(2)14-6-4-5-7-15(14)13-8-10-16(3)11-9-13/h4-8,12H,9-11H2,1-3H3. The first-order chi connectivity index (χ1) is 7.68. The van der Waals surface area contributed by atoms with E-state index in [0.29, 0.717) is 5.92 Å². The molecule has 0 atom stereocenters. The highest BCUT2D eigenvalue weighted by atomic mass is 15.1. The van der Waals surface area contributed by atoms with Crippen LogP contribution in [0.4, 0.5) is 0 Å². The van der Waals surface area contributed by atoms with Crippen molar-refractivity contribution in [2.45, 2.75) is 26.2 Å². The molecule has 0 amide bonds. The molecule has 1 aliphatic heterocycles. The van der Waals surface area contributed by atoms with Gasteiger partial charge in [0.15, 0.2) is 0 Å². The van der Waals surface area contributed by atoms with E-state index in [0.717, 1.165) is 6.54 Å². The molecule has 0 saturated heterocycles. The predicted octanol–water partition coefficient (Wildman–Crippen LogP) is 3.53. The lowest BCUT2D eigenvalue weighted by Crippen LogP contribution is -2.23. The minimum absolute atomic E-state index is 0.608. The van der Waals surface area contributed by atoms with Crippen LogP contribution in [-0.2, 0) is 0 Å². The summed E-state index contributed by atoms with van der Waals surface area (Å²) in [5, 5.41) is 0. The van der Waals surface area contributed by atoms with E-state index in [9.17, 15) is 0 Å². The fourth-order valence-corrected chi connectivity index (χ4v) is 2.31. The zero-order valence-corrected chi connectivity index (χ0v) is 10.5. The first-order valence-corrected chi connectivity index (χ1v) is 6.15. The van der Waals surface area contributed by atoms with Crippen LogP contribution < -0.4 is 0 Å². The van der Waals surface area contributed by atoms with Crippen LogP contribution in [0.25, 0.3) is 5.57 Å². The van der Waals surface area contributed by atoms with Gasteiger partial charge in [0, 0.05) is 13.1 Å². The maximum absolute atomic E-state index is 2.38. The Morgan fingerprint density at radius 2 is 1.94 bits per heavy atom. The lowest BCUT2D eigenvalue weighted by molar-refractivity contribution is 0.370. The fraction of sp³-hybridized carbons (Fsp3) is 0.467. The summed E-state index contributed by atoms with van der Waals surface area (Å²) in [6.45, 7) is 6.81. The second-order valence-corrected chi connectivity index (χ2v) is 4.98. The van der Waals surface area contributed by atoms with Gasteiger partial charge in [-0.1, -0.05) is 44.2 Å². The van der Waals surface area contributed by atoms with Crippen LogP contribution in [-0.4, -0.2) is 25.0 Å². The molecule has 0 saturated carbocycles. The van der Waals surface area contributed by atoms with E-state index < -0.39 is 0 Å². The van der Waals surface area contributed by atoms with Crippen molar-refractivity contribution in [1.29, 1.82) is 0 Å². The van der Waals surface area contributed by atoms with E-state index in [2.05, 4.69) is 56.1 Å². The molecule has 86 valence electrons. The maximum atomic E-state index is 2.38. The summed E-state index contributed by atoms with van der Waals surface area (Å²) in [4.78, 5) is 2.36. The van der Waals surface area contributed by atoms with Crippen molar-refractivity contribution in [3.05, 3.63) is 41.5 Å². The van der Waals surface area contributed by atoms with Crippen LogP contribution in [0, 0.1) is 0 Å². The molecule has 1 nitrogen and oxygen atoms in total. The van der Waals surface area contributed by atoms with Gasteiger partial charge in [-0.3, -0.25) is 0 Å². The quantitative estimate of drug-likeness (QED) is 0.729. The fourth-order valence-electron chi connectivity index (χ4n) is 2.31. The van der Waals surface area contributed by atoms with Crippen molar-refractivity contribution in [1.82, 2.24) is 4.90 Å². The van der Waals surface area contributed by atoms with Crippen LogP contribution in [0.1, 0.15) is 37.3 Å². The van der Waals surface area contributed by atoms with Gasteiger partial charge >= 0.3 is 0 Å². The van der Waals surface area contributed by atoms with Gasteiger partial charge in [-0.15, -0.1) is 0 Å². The molecule has 0 spiro atoms. The molecule has 1 heterocycles. The van der Waals surface area contributed by atoms with E-state index in [-0.39, 0.29) is 0 Å². The Bertz CT molecular complexity index is 390. The largest absolute Gasteiger partial charge is 0.302 e. The zero-order chi connectivity index (χ0) is 11.5. The van der Waals surface area contributed by atoms with Gasteiger partial charge in [0.2, 0.25) is 0 Å². The normalized spacial score (nSPS) is 17.6. The van der Waals surface area contributed by atoms with Crippen LogP contribution in [0.3, 0.4) is 0 Å². The Kier molecular flexibility index (Phi) is 3.45. The molecule has 0 unspecified atom stereocenters. The lowest BCUT2D eigenvalue weighted by Gasteiger charge is -2.24. The first-order valence-electron chi connectivity index (χ1n) is 6.15. The van der Waals surface area contributed by atoms with E-state index >= 15 is 0 Å². The van der Waals surface area contributed by atoms with Gasteiger partial charge in [0.1, 0.15) is 0 Å². The highest BCUT2D eigenvalue weighted by Crippen LogP contribution is 2.29. The number of hydrogen-bond acceptors (Lipinski definition) is 1. The van der Waals surface area contributed by atoms with Crippen molar-refractivity contribution in [3.63, 3.8) is 0 Å². The number of likely N-dealkylation sites (N-methyl/N-ethyl adjacent to an activating group) is 1. The smallest absolute Gasteiger partial charge is 0.0166 e. The monoisotopic (exact) mass is 215 g/mol. The molecule has 0 N–H and O–H groups in total. The molecule has 0 radical (unpaired) electrons. The van der Waals surface area contributed by atoms with Crippen molar-refractivity contribution >= 4 is 5.57 Å². The van der Waals surface area contributed by atoms with E-state index in [1.54, 1.807) is 0 Å². The Hall–Kier alpha value is -1.08. The minimum atomic E-state index is 0.608. The van der Waals surface area contributed by atoms with Crippen molar-refractivity contribution < 1.29 is 0 Å². The van der Waals surface area contributed by atoms with Crippen molar-refractivity contribution in [3.8, 4) is 0 Å². The molecule has 2 rings (SSSR count). The number of rotatable bonds is 2. The number of benzene rings is 1. The van der Waals surface area contributed by atoms with Gasteiger partial charge in [-0.25, -0.2) is 0 Å². The summed E-state index contributed by atoms with van der Waals surface area (Å²) in [5.74, 6) is 0.608. The highest BCUT2D eigenvalue weighted by Gasteiger charge is 2.13. The molecule has 0 aromatic heterocycles. The Morgan fingerprint density at radius 1 is 1.19 bits per heavy atom. The zero-order valence-electron chi connectivity index (χ0n) is 10.5. The SMILES string of the molecule is CC(C)c1ccccc1C1=CCN(C)CC1. The average Bonchev–Trinajstić information content (AvgIpc) is 2.30. The van der Waals surface area contributed by atoms with Gasteiger partial charge in [0.25, 0.3) is 0 Å². The van der Waals surface area contributed by atoms with Crippen LogP contribution in [0.2, 0.25) is 0 Å². The summed E-state index contributed by atoms with van der Waals surface area (Å²) in [6.07, 6.45) is 3.56. The molecule has 0 fully saturated rings. The first kappa shape index (κ1) is 11.4. The maximum Gasteiger partial charge on any atom is 0.0166 e. The van der Waals surface area contributed by atoms with Crippen LogP contribution in [0.15, 0.2) is 30.3 Å². The highest BCUT2D eigenvalue weighted by molar-refractivity contribution is 5.69. The van der Waals surface area contributed by atoms with Gasteiger partial charge in [0.05, 0.1) is 0 Å². The van der Waals surface area contributed by atoms with Crippen molar-refractivity contribution in [2.75, 3.05) is 20.1 Å². The molecule has 0 bridgehead atoms. The molecule has 16 heavy (non-hydrogen) atoms. The molecular weight excluding hydrogens is 194 g/mol. The summed E-state index contributed by atoms with van der Waals surface area (Å²) < 4.78 is 0. The van der Waals surface area contributed by atoms with Gasteiger partial charge in [-0.05, 0) is 36.1 Å². The molecule has 1 heteroatoms. The second-order valence-electron chi connectivity index (χ2n) is 4.98. The summed E-state index contributed by atoms with van der Waals surface area (Å²) >= 11 is 0. The number of hydrogen-bond donors (Lipinski definition) is 0. The molecule has 1 aromatic carbocycles. The summed E-state index contributed by atoms with van der Waals surface area (Å²) in [7, 11) is 2.18. The van der Waals surface area contributed by atoms with E-state index in [4.69, 9.17) is 0 Å². The van der Waals surface area contributed by atoms with Crippen LogP contribution >= 0.6 is 0 Å². The average molecular weight is 215 g/mol. The summed E-state index contributed by atoms with van der Waals surface area (Å²) in [6, 6.07) is 8.83. The lowest BCUT2D eigenvalue weighted by atomic mass is 9.90. The number of nitrogens with zero attached hydrogens (tertiary/aromatic N) is 1. The van der Waals surface area contributed by atoms with Gasteiger partial charge < -0.3 is 4.90 Å². The molecule has 1 aliphatic rings. The Labute approximate surface area is 98.8 Å². The topological polar surface area (TPSA) is 3.24 Å². The summed E-state index contributed by atoms with van der Waals surface area (Å²) in [5.41, 5.74) is 4.48. The Balaban J connectivity index is 2.33. The Morgan fingerprint density at radius 3 is 2.56 bits per heavy atom. The third kappa shape index (κ3) is 2.35. The van der Waals surface area contributed by atoms with Crippen LogP contribution in [0.5, 0.6) is 0 Å². The van der Waals surface area contributed by atoms with E-state index in [1.807, 2.05) is 0 Å². The molecule has 0 aliphatic carbocycles. The predicted molar refractivity (Wildman–Crippen MR) is 70.6 cm³/mol. The van der Waals surface area contributed by atoms with Crippen molar-refractivity contribution in [2.24, 2.45) is 0 Å². The van der Waals surface area contributed by atoms with E-state index in [1.165, 1.54) is 29.7 Å². The third-order valence-corrected chi connectivity index (χ3v) is 3.34. The molecular formula is C15H21N. The minimum Gasteiger partial charge on any atom is -0.302 e. The second kappa shape index (κ2) is 4.84. The van der Waals surface area contributed by atoms with Gasteiger partial charge in [-0.2, -0.15) is 0 Å².